The molecule has 80 valence electrons. The first-order chi connectivity index (χ1) is 6.59. The second-order valence-corrected chi connectivity index (χ2v) is 3.78. The van der Waals surface area contributed by atoms with Gasteiger partial charge in [-0.2, -0.15) is 0 Å². The predicted molar refractivity (Wildman–Crippen MR) is 54.8 cm³/mol. The van der Waals surface area contributed by atoms with Crippen LogP contribution in [0.5, 0.6) is 0 Å². The van der Waals surface area contributed by atoms with Crippen molar-refractivity contribution in [3.8, 4) is 0 Å². The Morgan fingerprint density at radius 3 is 2.57 bits per heavy atom. The summed E-state index contributed by atoms with van der Waals surface area (Å²) in [6, 6.07) is 0. The number of likely N-dealkylation sites (N-methyl/N-ethyl adjacent to an activating group) is 1. The van der Waals surface area contributed by atoms with Crippen LogP contribution in [0.3, 0.4) is 0 Å². The first-order valence-electron chi connectivity index (χ1n) is 4.94. The summed E-state index contributed by atoms with van der Waals surface area (Å²) in [7, 11) is 1.86. The van der Waals surface area contributed by atoms with E-state index in [0.29, 0.717) is 12.2 Å². The van der Waals surface area contributed by atoms with Crippen LogP contribution in [0.15, 0.2) is 11.3 Å². The molecule has 0 heterocycles. The van der Waals surface area contributed by atoms with Crippen LogP contribution in [0, 0.1) is 5.92 Å². The minimum Gasteiger partial charge on any atom is -0.381 e. The second kappa shape index (κ2) is 4.57. The number of nitrogens with one attached hydrogen (secondary N) is 2. The van der Waals surface area contributed by atoms with Gasteiger partial charge in [0.25, 0.3) is 0 Å². The van der Waals surface area contributed by atoms with E-state index in [-0.39, 0.29) is 11.7 Å². The van der Waals surface area contributed by atoms with Gasteiger partial charge < -0.3 is 15.7 Å². The SMILES string of the molecule is CNCCNC1=C(C(C)C)C(O)C1=O. The Morgan fingerprint density at radius 2 is 2.07 bits per heavy atom. The van der Waals surface area contributed by atoms with Gasteiger partial charge >= 0.3 is 0 Å². The summed E-state index contributed by atoms with van der Waals surface area (Å²) in [6.45, 7) is 5.47. The van der Waals surface area contributed by atoms with Crippen molar-refractivity contribution < 1.29 is 9.90 Å². The fraction of sp³-hybridized carbons (Fsp3) is 0.700. The van der Waals surface area contributed by atoms with Crippen LogP contribution >= 0.6 is 0 Å². The summed E-state index contributed by atoms with van der Waals surface area (Å²) in [5.74, 6) is 0.0459. The van der Waals surface area contributed by atoms with Gasteiger partial charge in [-0.15, -0.1) is 0 Å². The van der Waals surface area contributed by atoms with E-state index in [0.717, 1.165) is 12.1 Å². The quantitative estimate of drug-likeness (QED) is 0.528. The molecule has 0 saturated heterocycles. The Labute approximate surface area is 84.4 Å². The molecule has 4 heteroatoms. The molecular formula is C10H18N2O2. The number of carbonyl (C=O) groups excluding carboxylic acids is 1. The molecule has 3 N–H and O–H groups in total. The van der Waals surface area contributed by atoms with Gasteiger partial charge in [-0.05, 0) is 18.5 Å². The lowest BCUT2D eigenvalue weighted by atomic mass is 9.81. The minimum absolute atomic E-state index is 0.176. The Balaban J connectivity index is 2.60. The van der Waals surface area contributed by atoms with Crippen LogP contribution < -0.4 is 10.6 Å². The van der Waals surface area contributed by atoms with E-state index in [1.54, 1.807) is 0 Å². The van der Waals surface area contributed by atoms with Crippen molar-refractivity contribution in [3.05, 3.63) is 11.3 Å². The molecule has 0 aromatic carbocycles. The zero-order chi connectivity index (χ0) is 10.7. The van der Waals surface area contributed by atoms with Gasteiger partial charge in [0.15, 0.2) is 0 Å². The predicted octanol–water partition coefficient (Wildman–Crippen LogP) is -0.351. The van der Waals surface area contributed by atoms with Gasteiger partial charge in [0, 0.05) is 13.1 Å². The Hall–Kier alpha value is -0.870. The molecule has 4 nitrogen and oxygen atoms in total. The number of rotatable bonds is 5. The molecule has 0 aliphatic heterocycles. The van der Waals surface area contributed by atoms with Gasteiger partial charge in [-0.25, -0.2) is 0 Å². The maximum absolute atomic E-state index is 11.3. The lowest BCUT2D eigenvalue weighted by Crippen LogP contribution is -2.45. The molecule has 0 aromatic heterocycles. The maximum Gasteiger partial charge on any atom is 0.211 e. The summed E-state index contributed by atoms with van der Waals surface area (Å²) in [4.78, 5) is 11.3. The molecule has 1 atom stereocenters. The number of ketones is 1. The van der Waals surface area contributed by atoms with Crippen LogP contribution in [0.4, 0.5) is 0 Å². The molecule has 1 rings (SSSR count). The number of Topliss-reactive ketones (excluding diaryl/α,β-unsaturated/α-hetero) is 1. The van der Waals surface area contributed by atoms with Crippen molar-refractivity contribution in [2.45, 2.75) is 20.0 Å². The van der Waals surface area contributed by atoms with Crippen molar-refractivity contribution in [1.82, 2.24) is 10.6 Å². The first-order valence-corrected chi connectivity index (χ1v) is 4.94. The number of aliphatic hydroxyl groups excluding tert-OH is 1. The number of hydrogen-bond donors (Lipinski definition) is 3. The highest BCUT2D eigenvalue weighted by Crippen LogP contribution is 2.28. The lowest BCUT2D eigenvalue weighted by Gasteiger charge is -2.31. The molecule has 0 fully saturated rings. The summed E-state index contributed by atoms with van der Waals surface area (Å²) < 4.78 is 0. The van der Waals surface area contributed by atoms with Crippen LogP contribution in [0.1, 0.15) is 13.8 Å². The molecule has 0 spiro atoms. The maximum atomic E-state index is 11.3. The van der Waals surface area contributed by atoms with Crippen molar-refractivity contribution in [2.24, 2.45) is 5.92 Å². The average molecular weight is 198 g/mol. The Morgan fingerprint density at radius 1 is 1.43 bits per heavy atom. The highest BCUT2D eigenvalue weighted by molar-refractivity contribution is 6.08. The van der Waals surface area contributed by atoms with Gasteiger partial charge in [0.05, 0.1) is 5.70 Å². The topological polar surface area (TPSA) is 61.4 Å². The lowest BCUT2D eigenvalue weighted by molar-refractivity contribution is -0.125. The van der Waals surface area contributed by atoms with Crippen LogP contribution in [0.25, 0.3) is 0 Å². The Bertz CT molecular complexity index is 259. The molecule has 1 unspecified atom stereocenters. The highest BCUT2D eigenvalue weighted by Gasteiger charge is 2.38. The van der Waals surface area contributed by atoms with E-state index < -0.39 is 6.10 Å². The molecular weight excluding hydrogens is 180 g/mol. The first kappa shape index (κ1) is 11.2. The molecule has 1 aliphatic carbocycles. The molecule has 0 saturated carbocycles. The minimum atomic E-state index is -0.868. The van der Waals surface area contributed by atoms with Crippen LogP contribution in [-0.4, -0.2) is 37.1 Å². The largest absolute Gasteiger partial charge is 0.381 e. The zero-order valence-electron chi connectivity index (χ0n) is 8.92. The van der Waals surface area contributed by atoms with Gasteiger partial charge in [0.1, 0.15) is 6.10 Å². The molecule has 0 radical (unpaired) electrons. The third-order valence-corrected chi connectivity index (χ3v) is 2.38. The van der Waals surface area contributed by atoms with E-state index in [2.05, 4.69) is 10.6 Å². The van der Waals surface area contributed by atoms with E-state index in [1.165, 1.54) is 0 Å². The molecule has 14 heavy (non-hydrogen) atoms. The van der Waals surface area contributed by atoms with Gasteiger partial charge in [-0.1, -0.05) is 13.8 Å². The zero-order valence-corrected chi connectivity index (χ0v) is 8.92. The second-order valence-electron chi connectivity index (χ2n) is 3.78. The van der Waals surface area contributed by atoms with E-state index in [9.17, 15) is 9.90 Å². The van der Waals surface area contributed by atoms with E-state index in [4.69, 9.17) is 0 Å². The smallest absolute Gasteiger partial charge is 0.211 e. The standard InChI is InChI=1S/C10H18N2O2/c1-6(2)7-8(10(14)9(7)13)12-5-4-11-3/h6,9,11-13H,4-5H2,1-3H3. The van der Waals surface area contributed by atoms with Gasteiger partial charge in [0.2, 0.25) is 5.78 Å². The van der Waals surface area contributed by atoms with Crippen LogP contribution in [-0.2, 0) is 4.79 Å². The summed E-state index contributed by atoms with van der Waals surface area (Å²) in [5.41, 5.74) is 1.45. The highest BCUT2D eigenvalue weighted by atomic mass is 16.3. The molecule has 0 amide bonds. The van der Waals surface area contributed by atoms with Crippen LogP contribution in [0.2, 0.25) is 0 Å². The third kappa shape index (κ3) is 1.96. The van der Waals surface area contributed by atoms with Crippen molar-refractivity contribution in [3.63, 3.8) is 0 Å². The molecule has 1 aliphatic rings. The Kier molecular flexibility index (Phi) is 3.66. The molecule has 0 bridgehead atoms. The number of aliphatic hydroxyl groups is 1. The van der Waals surface area contributed by atoms with Gasteiger partial charge in [-0.3, -0.25) is 4.79 Å². The summed E-state index contributed by atoms with van der Waals surface area (Å²) in [5, 5.41) is 15.4. The normalized spacial score (nSPS) is 21.5. The number of hydrogen-bond acceptors (Lipinski definition) is 4. The summed E-state index contributed by atoms with van der Waals surface area (Å²) >= 11 is 0. The fourth-order valence-corrected chi connectivity index (χ4v) is 1.59. The van der Waals surface area contributed by atoms with E-state index in [1.807, 2.05) is 20.9 Å². The summed E-state index contributed by atoms with van der Waals surface area (Å²) in [6.07, 6.45) is -0.868. The fourth-order valence-electron chi connectivity index (χ4n) is 1.59. The third-order valence-electron chi connectivity index (χ3n) is 2.38. The van der Waals surface area contributed by atoms with Crippen molar-refractivity contribution >= 4 is 5.78 Å². The van der Waals surface area contributed by atoms with E-state index >= 15 is 0 Å². The number of carbonyl (C=O) groups is 1. The van der Waals surface area contributed by atoms with Crippen molar-refractivity contribution in [1.29, 1.82) is 0 Å². The molecule has 0 aromatic rings. The van der Waals surface area contributed by atoms with Crippen molar-refractivity contribution in [2.75, 3.05) is 20.1 Å². The monoisotopic (exact) mass is 198 g/mol. The average Bonchev–Trinajstić information content (AvgIpc) is 2.15.